The molecule has 0 bridgehead atoms. The predicted molar refractivity (Wildman–Crippen MR) is 69.9 cm³/mol. The van der Waals surface area contributed by atoms with Gasteiger partial charge in [0.25, 0.3) is 0 Å². The molecular formula is C13H24N4. The number of likely N-dealkylation sites (N-methyl/N-ethyl adjacent to an activating group) is 1. The Hall–Kier alpha value is -0.870. The topological polar surface area (TPSA) is 33.1 Å². The van der Waals surface area contributed by atoms with E-state index < -0.39 is 0 Å². The molecule has 0 radical (unpaired) electrons. The molecule has 1 atom stereocenters. The van der Waals surface area contributed by atoms with Crippen LogP contribution in [-0.4, -0.2) is 40.9 Å². The second kappa shape index (κ2) is 5.65. The van der Waals surface area contributed by atoms with Gasteiger partial charge < -0.3 is 10.2 Å². The monoisotopic (exact) mass is 236 g/mol. The lowest BCUT2D eigenvalue weighted by Gasteiger charge is -2.20. The van der Waals surface area contributed by atoms with Crippen molar-refractivity contribution in [2.45, 2.75) is 38.8 Å². The van der Waals surface area contributed by atoms with Crippen LogP contribution in [0, 0.1) is 0 Å². The zero-order chi connectivity index (χ0) is 12.3. The van der Waals surface area contributed by atoms with Crippen molar-refractivity contribution in [2.75, 3.05) is 20.1 Å². The highest BCUT2D eigenvalue weighted by atomic mass is 15.3. The fraction of sp³-hybridized carbons (Fsp3) is 0.769. The Morgan fingerprint density at radius 2 is 2.41 bits per heavy atom. The molecular weight excluding hydrogens is 212 g/mol. The summed E-state index contributed by atoms with van der Waals surface area (Å²) in [5.41, 5.74) is 2.61. The van der Waals surface area contributed by atoms with E-state index in [2.05, 4.69) is 35.5 Å². The van der Waals surface area contributed by atoms with Gasteiger partial charge in [0.2, 0.25) is 0 Å². The minimum absolute atomic E-state index is 0.682. The molecule has 0 aromatic carbocycles. The molecule has 0 aliphatic carbocycles. The highest BCUT2D eigenvalue weighted by molar-refractivity contribution is 5.16. The van der Waals surface area contributed by atoms with Gasteiger partial charge in [-0.15, -0.1) is 0 Å². The Kier molecular flexibility index (Phi) is 4.18. The summed E-state index contributed by atoms with van der Waals surface area (Å²) in [5.74, 6) is 0. The number of nitrogens with zero attached hydrogens (tertiary/aromatic N) is 3. The Bertz CT molecular complexity index is 352. The standard InChI is InChI=1S/C13H24N4/c1-4-13-11(9-17(3)15-13)8-16(2)10-12-6-5-7-14-12/h9,12,14H,4-8,10H2,1-3H3. The number of nitrogens with one attached hydrogen (secondary N) is 1. The molecule has 4 nitrogen and oxygen atoms in total. The first-order valence-corrected chi connectivity index (χ1v) is 6.62. The van der Waals surface area contributed by atoms with Crippen LogP contribution >= 0.6 is 0 Å². The van der Waals surface area contributed by atoms with Gasteiger partial charge in [0.05, 0.1) is 5.69 Å². The number of hydrogen-bond acceptors (Lipinski definition) is 3. The fourth-order valence-electron chi connectivity index (χ4n) is 2.66. The third kappa shape index (κ3) is 3.30. The van der Waals surface area contributed by atoms with E-state index in [0.29, 0.717) is 6.04 Å². The van der Waals surface area contributed by atoms with Crippen molar-refractivity contribution in [1.82, 2.24) is 20.0 Å². The Labute approximate surface area is 104 Å². The summed E-state index contributed by atoms with van der Waals surface area (Å²) in [7, 11) is 4.20. The predicted octanol–water partition coefficient (Wildman–Crippen LogP) is 1.17. The van der Waals surface area contributed by atoms with E-state index in [1.807, 2.05) is 11.7 Å². The van der Waals surface area contributed by atoms with Crippen LogP contribution in [0.2, 0.25) is 0 Å². The number of rotatable bonds is 5. The lowest BCUT2D eigenvalue weighted by Crippen LogP contribution is -2.35. The lowest BCUT2D eigenvalue weighted by atomic mass is 10.2. The average Bonchev–Trinajstić information content (AvgIpc) is 2.88. The summed E-state index contributed by atoms with van der Waals surface area (Å²) in [6.07, 6.45) is 5.81. The van der Waals surface area contributed by atoms with Gasteiger partial charge in [-0.1, -0.05) is 6.92 Å². The molecule has 0 spiro atoms. The molecule has 1 N–H and O–H groups in total. The Morgan fingerprint density at radius 3 is 3.06 bits per heavy atom. The maximum absolute atomic E-state index is 4.49. The first-order valence-electron chi connectivity index (χ1n) is 6.62. The Balaban J connectivity index is 1.90. The lowest BCUT2D eigenvalue weighted by molar-refractivity contribution is 0.292. The summed E-state index contributed by atoms with van der Waals surface area (Å²) >= 11 is 0. The molecule has 1 aromatic rings. The van der Waals surface area contributed by atoms with Gasteiger partial charge in [-0.2, -0.15) is 5.10 Å². The van der Waals surface area contributed by atoms with E-state index in [1.54, 1.807) is 0 Å². The molecule has 1 saturated heterocycles. The normalized spacial score (nSPS) is 20.4. The van der Waals surface area contributed by atoms with Crippen molar-refractivity contribution in [2.24, 2.45) is 7.05 Å². The molecule has 1 aliphatic rings. The highest BCUT2D eigenvalue weighted by Gasteiger charge is 2.17. The van der Waals surface area contributed by atoms with Crippen molar-refractivity contribution >= 4 is 0 Å². The second-order valence-corrected chi connectivity index (χ2v) is 5.12. The van der Waals surface area contributed by atoms with Crippen LogP contribution in [0.25, 0.3) is 0 Å². The van der Waals surface area contributed by atoms with Gasteiger partial charge in [-0.3, -0.25) is 4.68 Å². The van der Waals surface area contributed by atoms with Crippen molar-refractivity contribution in [1.29, 1.82) is 0 Å². The van der Waals surface area contributed by atoms with E-state index >= 15 is 0 Å². The van der Waals surface area contributed by atoms with E-state index in [0.717, 1.165) is 19.5 Å². The third-order valence-corrected chi connectivity index (χ3v) is 3.46. The van der Waals surface area contributed by atoms with Gasteiger partial charge in [-0.05, 0) is 32.9 Å². The van der Waals surface area contributed by atoms with Crippen LogP contribution in [0.1, 0.15) is 31.0 Å². The summed E-state index contributed by atoms with van der Waals surface area (Å²) in [6.45, 7) is 5.50. The maximum atomic E-state index is 4.49. The van der Waals surface area contributed by atoms with E-state index in [-0.39, 0.29) is 0 Å². The molecule has 2 heterocycles. The molecule has 0 amide bonds. The van der Waals surface area contributed by atoms with Gasteiger partial charge in [-0.25, -0.2) is 0 Å². The number of aromatic nitrogens is 2. The zero-order valence-electron chi connectivity index (χ0n) is 11.2. The molecule has 1 aliphatic heterocycles. The molecule has 2 rings (SSSR count). The van der Waals surface area contributed by atoms with Crippen molar-refractivity contribution < 1.29 is 0 Å². The summed E-state index contributed by atoms with van der Waals surface area (Å²) in [5, 5.41) is 8.03. The largest absolute Gasteiger partial charge is 0.313 e. The van der Waals surface area contributed by atoms with Gasteiger partial charge >= 0.3 is 0 Å². The second-order valence-electron chi connectivity index (χ2n) is 5.12. The minimum Gasteiger partial charge on any atom is -0.313 e. The van der Waals surface area contributed by atoms with Crippen LogP contribution in [-0.2, 0) is 20.0 Å². The summed E-state index contributed by atoms with van der Waals surface area (Å²) in [4.78, 5) is 2.40. The van der Waals surface area contributed by atoms with Gasteiger partial charge in [0.15, 0.2) is 0 Å². The average molecular weight is 236 g/mol. The van der Waals surface area contributed by atoms with Gasteiger partial charge in [0, 0.05) is 37.9 Å². The van der Waals surface area contributed by atoms with E-state index in [4.69, 9.17) is 0 Å². The molecule has 4 heteroatoms. The van der Waals surface area contributed by atoms with Crippen molar-refractivity contribution in [3.63, 3.8) is 0 Å². The van der Waals surface area contributed by atoms with Crippen LogP contribution in [0.3, 0.4) is 0 Å². The number of hydrogen-bond donors (Lipinski definition) is 1. The van der Waals surface area contributed by atoms with Crippen molar-refractivity contribution in [3.05, 3.63) is 17.5 Å². The smallest absolute Gasteiger partial charge is 0.0666 e. The Morgan fingerprint density at radius 1 is 1.59 bits per heavy atom. The molecule has 17 heavy (non-hydrogen) atoms. The van der Waals surface area contributed by atoms with Crippen LogP contribution < -0.4 is 5.32 Å². The zero-order valence-corrected chi connectivity index (χ0v) is 11.2. The van der Waals surface area contributed by atoms with Crippen LogP contribution in [0.15, 0.2) is 6.20 Å². The molecule has 0 saturated carbocycles. The maximum Gasteiger partial charge on any atom is 0.0666 e. The number of aryl methyl sites for hydroxylation is 2. The molecule has 1 aromatic heterocycles. The summed E-state index contributed by atoms with van der Waals surface area (Å²) in [6, 6.07) is 0.682. The molecule has 1 fully saturated rings. The fourth-order valence-corrected chi connectivity index (χ4v) is 2.66. The van der Waals surface area contributed by atoms with Crippen LogP contribution in [0.5, 0.6) is 0 Å². The molecule has 96 valence electrons. The first-order chi connectivity index (χ1) is 8.19. The highest BCUT2D eigenvalue weighted by Crippen LogP contribution is 2.12. The summed E-state index contributed by atoms with van der Waals surface area (Å²) < 4.78 is 1.93. The third-order valence-electron chi connectivity index (χ3n) is 3.46. The minimum atomic E-state index is 0.682. The first kappa shape index (κ1) is 12.6. The van der Waals surface area contributed by atoms with E-state index in [1.165, 1.54) is 30.6 Å². The SMILES string of the molecule is CCc1nn(C)cc1CN(C)CC1CCCN1. The molecule has 1 unspecified atom stereocenters. The van der Waals surface area contributed by atoms with E-state index in [9.17, 15) is 0 Å². The van der Waals surface area contributed by atoms with Gasteiger partial charge in [0.1, 0.15) is 0 Å². The quantitative estimate of drug-likeness (QED) is 0.833. The van der Waals surface area contributed by atoms with Crippen molar-refractivity contribution in [3.8, 4) is 0 Å². The van der Waals surface area contributed by atoms with Crippen LogP contribution in [0.4, 0.5) is 0 Å².